The van der Waals surface area contributed by atoms with Crippen molar-refractivity contribution < 1.29 is 4.74 Å². The summed E-state index contributed by atoms with van der Waals surface area (Å²) in [4.78, 5) is 3.91. The number of nitrogens with zero attached hydrogens (tertiary/aromatic N) is 4. The Hall–Kier alpha value is -1.80. The van der Waals surface area contributed by atoms with E-state index in [9.17, 15) is 0 Å². The number of aromatic nitrogens is 3. The third-order valence-corrected chi connectivity index (χ3v) is 8.71. The number of likely N-dealkylation sites (tertiary alicyclic amines) is 1. The van der Waals surface area contributed by atoms with Crippen LogP contribution in [0.15, 0.2) is 64.6 Å². The molecule has 1 unspecified atom stereocenters. The van der Waals surface area contributed by atoms with Gasteiger partial charge in [-0.15, -0.1) is 22.0 Å². The van der Waals surface area contributed by atoms with Gasteiger partial charge in [0.15, 0.2) is 5.16 Å². The molecule has 34 heavy (non-hydrogen) atoms. The second-order valence-electron chi connectivity index (χ2n) is 9.26. The predicted molar refractivity (Wildman–Crippen MR) is 141 cm³/mol. The van der Waals surface area contributed by atoms with Gasteiger partial charge in [-0.25, -0.2) is 0 Å². The number of benzene rings is 2. The number of rotatable bonds is 9. The smallest absolute Gasteiger partial charge is 0.191 e. The fourth-order valence-electron chi connectivity index (χ4n) is 4.91. The zero-order valence-corrected chi connectivity index (χ0v) is 21.6. The summed E-state index contributed by atoms with van der Waals surface area (Å²) in [5, 5.41) is 10.4. The lowest BCUT2D eigenvalue weighted by Gasteiger charge is -2.31. The largest absolute Gasteiger partial charge is 0.377 e. The summed E-state index contributed by atoms with van der Waals surface area (Å²) in [5.74, 6) is 2.58. The van der Waals surface area contributed by atoms with Gasteiger partial charge in [0.2, 0.25) is 0 Å². The first-order chi connectivity index (χ1) is 16.8. The molecule has 2 aliphatic rings. The summed E-state index contributed by atoms with van der Waals surface area (Å²) < 4.78 is 8.22. The second kappa shape index (κ2) is 11.8. The summed E-state index contributed by atoms with van der Waals surface area (Å²) in [6.45, 7) is 4.96. The maximum Gasteiger partial charge on any atom is 0.191 e. The minimum atomic E-state index is 0.351. The molecule has 1 aromatic heterocycles. The van der Waals surface area contributed by atoms with E-state index in [-0.39, 0.29) is 0 Å². The number of hydrogen-bond acceptors (Lipinski definition) is 6. The fourth-order valence-corrected chi connectivity index (χ4v) is 6.32. The first-order valence-electron chi connectivity index (χ1n) is 12.3. The third-order valence-electron chi connectivity index (χ3n) is 6.87. The van der Waals surface area contributed by atoms with Crippen LogP contribution in [-0.4, -0.2) is 57.5 Å². The third kappa shape index (κ3) is 6.06. The minimum absolute atomic E-state index is 0.351. The summed E-state index contributed by atoms with van der Waals surface area (Å²) in [7, 11) is 0. The van der Waals surface area contributed by atoms with Gasteiger partial charge in [-0.2, -0.15) is 0 Å². The molecule has 2 aromatic carbocycles. The SMILES string of the molecule is CSc1ccc(CN2CCC(c3nnc(SCC4CCCO4)n3Cc3ccccc3)CC2)cc1. The van der Waals surface area contributed by atoms with Crippen LogP contribution in [0, 0.1) is 0 Å². The predicted octanol–water partition coefficient (Wildman–Crippen LogP) is 5.70. The molecule has 5 rings (SSSR count). The highest BCUT2D eigenvalue weighted by Crippen LogP contribution is 2.32. The van der Waals surface area contributed by atoms with E-state index in [0.29, 0.717) is 12.0 Å². The second-order valence-corrected chi connectivity index (χ2v) is 11.1. The van der Waals surface area contributed by atoms with Gasteiger partial charge in [0.05, 0.1) is 12.6 Å². The van der Waals surface area contributed by atoms with Crippen molar-refractivity contribution in [1.82, 2.24) is 19.7 Å². The van der Waals surface area contributed by atoms with E-state index in [1.807, 2.05) is 0 Å². The lowest BCUT2D eigenvalue weighted by molar-refractivity contribution is 0.129. The molecule has 0 spiro atoms. The molecular weight excluding hydrogens is 460 g/mol. The Morgan fingerprint density at radius 3 is 2.38 bits per heavy atom. The highest BCUT2D eigenvalue weighted by Gasteiger charge is 2.27. The normalized spacial score (nSPS) is 19.6. The van der Waals surface area contributed by atoms with Gasteiger partial charge in [0.25, 0.3) is 0 Å². The van der Waals surface area contributed by atoms with E-state index >= 15 is 0 Å². The van der Waals surface area contributed by atoms with Crippen LogP contribution >= 0.6 is 23.5 Å². The molecule has 0 bridgehead atoms. The maximum atomic E-state index is 5.84. The monoisotopic (exact) mass is 494 g/mol. The zero-order chi connectivity index (χ0) is 23.2. The lowest BCUT2D eigenvalue weighted by Crippen LogP contribution is -2.33. The molecule has 3 aromatic rings. The van der Waals surface area contributed by atoms with E-state index in [4.69, 9.17) is 9.84 Å². The van der Waals surface area contributed by atoms with E-state index in [1.165, 1.54) is 22.4 Å². The van der Waals surface area contributed by atoms with Crippen LogP contribution in [0.25, 0.3) is 0 Å². The van der Waals surface area contributed by atoms with Crippen molar-refractivity contribution in [2.45, 2.75) is 60.8 Å². The van der Waals surface area contributed by atoms with E-state index in [1.54, 1.807) is 23.5 Å². The summed E-state index contributed by atoms with van der Waals surface area (Å²) in [6.07, 6.45) is 7.07. The number of thioether (sulfide) groups is 2. The molecule has 2 saturated heterocycles. The average Bonchev–Trinajstić information content (AvgIpc) is 3.55. The molecule has 3 heterocycles. The van der Waals surface area contributed by atoms with Crippen LogP contribution in [-0.2, 0) is 17.8 Å². The standard InChI is InChI=1S/C27H34N4OS2/c1-33-25-11-9-22(10-12-25)18-30-15-13-23(14-16-30)26-28-29-27(34-20-24-8-5-17-32-24)31(26)19-21-6-3-2-4-7-21/h2-4,6-7,9-12,23-24H,5,8,13-20H2,1H3. The summed E-state index contributed by atoms with van der Waals surface area (Å²) in [5.41, 5.74) is 2.70. The number of piperidine rings is 1. The number of ether oxygens (including phenoxy) is 1. The Labute approximate surface area is 211 Å². The van der Waals surface area contributed by atoms with Crippen LogP contribution in [0.3, 0.4) is 0 Å². The molecule has 2 aliphatic heterocycles. The van der Waals surface area contributed by atoms with Gasteiger partial charge in [-0.1, -0.05) is 54.2 Å². The lowest BCUT2D eigenvalue weighted by atomic mass is 9.95. The minimum Gasteiger partial charge on any atom is -0.377 e. The van der Waals surface area contributed by atoms with Gasteiger partial charge < -0.3 is 9.30 Å². The Kier molecular flexibility index (Phi) is 8.27. The van der Waals surface area contributed by atoms with Crippen LogP contribution in [0.4, 0.5) is 0 Å². The summed E-state index contributed by atoms with van der Waals surface area (Å²) in [6, 6.07) is 19.7. The van der Waals surface area contributed by atoms with Crippen molar-refractivity contribution >= 4 is 23.5 Å². The maximum absolute atomic E-state index is 5.84. The summed E-state index contributed by atoms with van der Waals surface area (Å²) >= 11 is 3.60. The van der Waals surface area contributed by atoms with Gasteiger partial charge in [0.1, 0.15) is 5.82 Å². The fraction of sp³-hybridized carbons (Fsp3) is 0.481. The van der Waals surface area contributed by atoms with Crippen molar-refractivity contribution in [2.75, 3.05) is 31.7 Å². The van der Waals surface area contributed by atoms with Crippen LogP contribution < -0.4 is 0 Å². The van der Waals surface area contributed by atoms with Gasteiger partial charge in [0, 0.05) is 29.7 Å². The van der Waals surface area contributed by atoms with E-state index < -0.39 is 0 Å². The molecule has 0 saturated carbocycles. The highest BCUT2D eigenvalue weighted by atomic mass is 32.2. The van der Waals surface area contributed by atoms with Gasteiger partial charge in [-0.3, -0.25) is 4.90 Å². The first kappa shape index (κ1) is 23.9. The van der Waals surface area contributed by atoms with E-state index in [0.717, 1.165) is 68.8 Å². The Morgan fingerprint density at radius 2 is 1.68 bits per heavy atom. The molecule has 5 nitrogen and oxygen atoms in total. The molecule has 0 amide bonds. The van der Waals surface area contributed by atoms with Gasteiger partial charge in [-0.05, 0) is 68.3 Å². The Balaban J connectivity index is 1.25. The van der Waals surface area contributed by atoms with E-state index in [2.05, 4.69) is 75.4 Å². The molecule has 1 atom stereocenters. The van der Waals surface area contributed by atoms with Crippen molar-refractivity contribution in [3.8, 4) is 0 Å². The van der Waals surface area contributed by atoms with Crippen molar-refractivity contribution in [3.63, 3.8) is 0 Å². The van der Waals surface area contributed by atoms with Gasteiger partial charge >= 0.3 is 0 Å². The zero-order valence-electron chi connectivity index (χ0n) is 19.9. The van der Waals surface area contributed by atoms with Crippen LogP contribution in [0.1, 0.15) is 48.6 Å². The Morgan fingerprint density at radius 1 is 0.912 bits per heavy atom. The molecule has 0 radical (unpaired) electrons. The molecule has 0 N–H and O–H groups in total. The quantitative estimate of drug-likeness (QED) is 0.356. The average molecular weight is 495 g/mol. The first-order valence-corrected chi connectivity index (χ1v) is 14.6. The van der Waals surface area contributed by atoms with Crippen molar-refractivity contribution in [3.05, 3.63) is 71.5 Å². The molecule has 2 fully saturated rings. The number of hydrogen-bond donors (Lipinski definition) is 0. The molecular formula is C27H34N4OS2. The van der Waals surface area contributed by atoms with Crippen molar-refractivity contribution in [2.24, 2.45) is 0 Å². The van der Waals surface area contributed by atoms with Crippen LogP contribution in [0.5, 0.6) is 0 Å². The molecule has 180 valence electrons. The Bertz CT molecular complexity index is 1030. The van der Waals surface area contributed by atoms with Crippen LogP contribution in [0.2, 0.25) is 0 Å². The van der Waals surface area contributed by atoms with Crippen molar-refractivity contribution in [1.29, 1.82) is 0 Å². The molecule has 0 aliphatic carbocycles. The highest BCUT2D eigenvalue weighted by molar-refractivity contribution is 7.99. The molecule has 7 heteroatoms. The topological polar surface area (TPSA) is 43.2 Å².